The number of nitrogens with zero attached hydrogens (tertiary/aromatic N) is 4. The van der Waals surface area contributed by atoms with Gasteiger partial charge in [-0.25, -0.2) is 15.0 Å². The predicted octanol–water partition coefficient (Wildman–Crippen LogP) is 11.4. The summed E-state index contributed by atoms with van der Waals surface area (Å²) >= 11 is 0. The molecule has 0 aliphatic rings. The van der Waals surface area contributed by atoms with Gasteiger partial charge >= 0.3 is 0 Å². The summed E-state index contributed by atoms with van der Waals surface area (Å²) in [7, 11) is 0. The SMILES string of the molecule is c1ccc(-c2ccccc2-c2nc(-c3ccccc3-c3ccccc3)nc(-c3cccc4c5cccc6c7ccccc7n(c34)c65)n2)cc1. The molecule has 0 saturated heterocycles. The maximum absolute atomic E-state index is 5.32. The summed E-state index contributed by atoms with van der Waals surface area (Å²) in [6.07, 6.45) is 0. The van der Waals surface area contributed by atoms with E-state index in [9.17, 15) is 0 Å². The lowest BCUT2D eigenvalue weighted by molar-refractivity contribution is 1.08. The van der Waals surface area contributed by atoms with E-state index in [0.29, 0.717) is 17.5 Å². The lowest BCUT2D eigenvalue weighted by atomic mass is 9.98. The van der Waals surface area contributed by atoms with Gasteiger partial charge in [-0.3, -0.25) is 0 Å². The van der Waals surface area contributed by atoms with E-state index in [1.807, 2.05) is 12.1 Å². The minimum atomic E-state index is 0.637. The van der Waals surface area contributed by atoms with Crippen LogP contribution in [0.1, 0.15) is 0 Å². The Balaban J connectivity index is 1.31. The van der Waals surface area contributed by atoms with Gasteiger partial charge in [0.25, 0.3) is 0 Å². The monoisotopic (exact) mass is 624 g/mol. The highest BCUT2D eigenvalue weighted by molar-refractivity contribution is 6.24. The van der Waals surface area contributed by atoms with Crippen molar-refractivity contribution in [1.82, 2.24) is 19.4 Å². The normalized spacial score (nSPS) is 11.7. The van der Waals surface area contributed by atoms with E-state index >= 15 is 0 Å². The highest BCUT2D eigenvalue weighted by Gasteiger charge is 2.23. The van der Waals surface area contributed by atoms with Crippen molar-refractivity contribution in [3.63, 3.8) is 0 Å². The van der Waals surface area contributed by atoms with Gasteiger partial charge in [-0.05, 0) is 34.4 Å². The van der Waals surface area contributed by atoms with Crippen molar-refractivity contribution < 1.29 is 0 Å². The van der Waals surface area contributed by atoms with Crippen LogP contribution >= 0.6 is 0 Å². The average Bonchev–Trinajstić information content (AvgIpc) is 3.71. The second kappa shape index (κ2) is 11.0. The highest BCUT2D eigenvalue weighted by Crippen LogP contribution is 2.42. The summed E-state index contributed by atoms with van der Waals surface area (Å²) in [4.78, 5) is 15.9. The van der Waals surface area contributed by atoms with Gasteiger partial charge in [0.1, 0.15) is 0 Å². The molecule has 4 nitrogen and oxygen atoms in total. The molecule has 0 aliphatic carbocycles. The third-order valence-corrected chi connectivity index (χ3v) is 9.63. The Hall–Kier alpha value is -6.65. The van der Waals surface area contributed by atoms with Crippen molar-refractivity contribution in [1.29, 1.82) is 0 Å². The van der Waals surface area contributed by atoms with Crippen molar-refractivity contribution in [3.8, 4) is 56.4 Å². The van der Waals surface area contributed by atoms with Crippen LogP contribution in [0.25, 0.3) is 94.5 Å². The zero-order valence-electron chi connectivity index (χ0n) is 26.5. The Morgan fingerprint density at radius 3 is 1.27 bits per heavy atom. The molecule has 0 spiro atoms. The van der Waals surface area contributed by atoms with Crippen LogP contribution in [-0.2, 0) is 0 Å². The van der Waals surface area contributed by atoms with E-state index in [2.05, 4.69) is 162 Å². The minimum Gasteiger partial charge on any atom is -0.307 e. The fraction of sp³-hybridized carbons (Fsp3) is 0. The summed E-state index contributed by atoms with van der Waals surface area (Å²) < 4.78 is 2.41. The number of rotatable bonds is 5. The maximum Gasteiger partial charge on any atom is 0.166 e. The van der Waals surface area contributed by atoms with Crippen LogP contribution in [0.3, 0.4) is 0 Å². The van der Waals surface area contributed by atoms with E-state index in [1.54, 1.807) is 0 Å². The van der Waals surface area contributed by atoms with Crippen molar-refractivity contribution >= 4 is 38.1 Å². The van der Waals surface area contributed by atoms with Crippen LogP contribution < -0.4 is 0 Å². The molecule has 4 heteroatoms. The fourth-order valence-corrected chi connectivity index (χ4v) is 7.48. The summed E-state index contributed by atoms with van der Waals surface area (Å²) in [5.74, 6) is 1.91. The van der Waals surface area contributed by atoms with Gasteiger partial charge < -0.3 is 4.40 Å². The molecule has 10 rings (SSSR count). The number of hydrogen-bond donors (Lipinski definition) is 0. The molecule has 0 aliphatic heterocycles. The zero-order valence-corrected chi connectivity index (χ0v) is 26.5. The van der Waals surface area contributed by atoms with E-state index in [-0.39, 0.29) is 0 Å². The molecular weight excluding hydrogens is 597 g/mol. The van der Waals surface area contributed by atoms with Gasteiger partial charge in [-0.15, -0.1) is 0 Å². The van der Waals surface area contributed by atoms with Gasteiger partial charge in [0.05, 0.1) is 16.6 Å². The quantitative estimate of drug-likeness (QED) is 0.191. The first-order chi connectivity index (χ1) is 24.3. The molecule has 0 N–H and O–H groups in total. The molecule has 0 fully saturated rings. The molecule has 0 amide bonds. The van der Waals surface area contributed by atoms with Gasteiger partial charge in [0.2, 0.25) is 0 Å². The van der Waals surface area contributed by atoms with Crippen molar-refractivity contribution in [3.05, 3.63) is 170 Å². The molecule has 3 aromatic heterocycles. The molecule has 7 aromatic carbocycles. The smallest absolute Gasteiger partial charge is 0.166 e. The van der Waals surface area contributed by atoms with Gasteiger partial charge in [-0.1, -0.05) is 158 Å². The molecule has 10 aromatic rings. The molecule has 0 bridgehead atoms. The molecule has 0 radical (unpaired) electrons. The summed E-state index contributed by atoms with van der Waals surface area (Å²) in [6, 6.07) is 59.4. The van der Waals surface area contributed by atoms with Crippen molar-refractivity contribution in [2.45, 2.75) is 0 Å². The Morgan fingerprint density at radius 2 is 0.673 bits per heavy atom. The lowest BCUT2D eigenvalue weighted by Gasteiger charge is -2.14. The Kier molecular flexibility index (Phi) is 6.15. The first-order valence-electron chi connectivity index (χ1n) is 16.6. The fourth-order valence-electron chi connectivity index (χ4n) is 7.48. The highest BCUT2D eigenvalue weighted by atomic mass is 15.0. The standard InChI is InChI=1S/C45H28N4/c1-3-15-29(16-4-1)31-19-7-9-22-37(31)43-46-44(38-23-10-8-20-32(38)30-17-5-2-6-18-30)48-45(47-43)39-27-14-26-36-35-25-13-24-34-33-21-11-12-28-40(33)49(41(34)35)42(36)39/h1-28H. The van der Waals surface area contributed by atoms with E-state index in [1.165, 1.54) is 32.6 Å². The van der Waals surface area contributed by atoms with Crippen LogP contribution in [0.2, 0.25) is 0 Å². The summed E-state index contributed by atoms with van der Waals surface area (Å²) in [5.41, 5.74) is 10.8. The van der Waals surface area contributed by atoms with Crippen LogP contribution in [-0.4, -0.2) is 19.4 Å². The zero-order chi connectivity index (χ0) is 32.3. The number of para-hydroxylation sites is 3. The van der Waals surface area contributed by atoms with Crippen LogP contribution in [0.15, 0.2) is 170 Å². The minimum absolute atomic E-state index is 0.637. The average molecular weight is 625 g/mol. The largest absolute Gasteiger partial charge is 0.307 e. The molecule has 0 saturated carbocycles. The number of aromatic nitrogens is 4. The molecule has 0 unspecified atom stereocenters. The van der Waals surface area contributed by atoms with E-state index in [0.717, 1.165) is 44.5 Å². The second-order valence-electron chi connectivity index (χ2n) is 12.4. The van der Waals surface area contributed by atoms with Gasteiger partial charge in [-0.2, -0.15) is 0 Å². The topological polar surface area (TPSA) is 43.1 Å². The molecule has 228 valence electrons. The van der Waals surface area contributed by atoms with Crippen molar-refractivity contribution in [2.24, 2.45) is 0 Å². The third-order valence-electron chi connectivity index (χ3n) is 9.63. The maximum atomic E-state index is 5.32. The molecular formula is C45H28N4. The second-order valence-corrected chi connectivity index (χ2v) is 12.4. The van der Waals surface area contributed by atoms with E-state index in [4.69, 9.17) is 15.0 Å². The first kappa shape index (κ1) is 27.5. The first-order valence-corrected chi connectivity index (χ1v) is 16.6. The third kappa shape index (κ3) is 4.28. The molecule has 49 heavy (non-hydrogen) atoms. The molecule has 3 heterocycles. The lowest BCUT2D eigenvalue weighted by Crippen LogP contribution is -2.02. The van der Waals surface area contributed by atoms with E-state index < -0.39 is 0 Å². The number of fused-ring (bicyclic) bond motifs is 6. The molecule has 0 atom stereocenters. The van der Waals surface area contributed by atoms with Gasteiger partial charge in [0, 0.05) is 38.2 Å². The van der Waals surface area contributed by atoms with Crippen molar-refractivity contribution in [2.75, 3.05) is 0 Å². The Morgan fingerprint density at radius 1 is 0.286 bits per heavy atom. The van der Waals surface area contributed by atoms with Gasteiger partial charge in [0.15, 0.2) is 17.5 Å². The van der Waals surface area contributed by atoms with Crippen LogP contribution in [0.5, 0.6) is 0 Å². The predicted molar refractivity (Wildman–Crippen MR) is 202 cm³/mol. The number of hydrogen-bond acceptors (Lipinski definition) is 3. The summed E-state index contributed by atoms with van der Waals surface area (Å²) in [5, 5.41) is 4.90. The van der Waals surface area contributed by atoms with Crippen LogP contribution in [0.4, 0.5) is 0 Å². The summed E-state index contributed by atoms with van der Waals surface area (Å²) in [6.45, 7) is 0. The Bertz CT molecular complexity index is 2720. The Labute approximate surface area is 283 Å². The van der Waals surface area contributed by atoms with Crippen LogP contribution in [0, 0.1) is 0 Å². The number of benzene rings is 7.